The average Bonchev–Trinajstić information content (AvgIpc) is 2.47. The van der Waals surface area contributed by atoms with E-state index in [1.165, 1.54) is 30.6 Å². The zero-order valence-corrected chi connectivity index (χ0v) is 12.5. The highest BCUT2D eigenvalue weighted by Gasteiger charge is 2.22. The molecule has 3 heteroatoms. The standard InChI is InChI=1S/C16H27N3/c1-4-14-8-11-19(12-9-14)16-15(7-6-10-18-16)13(3)17-5-2/h6-7,10,13-14,17H,4-5,8-9,11-12H2,1-3H3. The van der Waals surface area contributed by atoms with Crippen molar-refractivity contribution in [1.29, 1.82) is 0 Å². The zero-order chi connectivity index (χ0) is 13.7. The van der Waals surface area contributed by atoms with Gasteiger partial charge in [0.05, 0.1) is 0 Å². The lowest BCUT2D eigenvalue weighted by atomic mass is 9.94. The normalized spacial score (nSPS) is 18.6. The number of rotatable bonds is 5. The van der Waals surface area contributed by atoms with E-state index >= 15 is 0 Å². The Kier molecular flexibility index (Phi) is 5.20. The van der Waals surface area contributed by atoms with Gasteiger partial charge < -0.3 is 10.2 Å². The van der Waals surface area contributed by atoms with E-state index in [4.69, 9.17) is 0 Å². The Morgan fingerprint density at radius 1 is 1.37 bits per heavy atom. The molecule has 1 aliphatic heterocycles. The van der Waals surface area contributed by atoms with Gasteiger partial charge in [-0.15, -0.1) is 0 Å². The van der Waals surface area contributed by atoms with Gasteiger partial charge in [-0.1, -0.05) is 26.3 Å². The molecule has 0 bridgehead atoms. The highest BCUT2D eigenvalue weighted by Crippen LogP contribution is 2.28. The van der Waals surface area contributed by atoms with Crippen molar-refractivity contribution >= 4 is 5.82 Å². The fourth-order valence-corrected chi connectivity index (χ4v) is 2.98. The van der Waals surface area contributed by atoms with Crippen LogP contribution < -0.4 is 10.2 Å². The van der Waals surface area contributed by atoms with Crippen molar-refractivity contribution in [3.63, 3.8) is 0 Å². The van der Waals surface area contributed by atoms with Gasteiger partial charge in [-0.3, -0.25) is 0 Å². The second-order valence-corrected chi connectivity index (χ2v) is 5.53. The second-order valence-electron chi connectivity index (χ2n) is 5.53. The number of piperidine rings is 1. The molecule has 3 nitrogen and oxygen atoms in total. The van der Waals surface area contributed by atoms with E-state index in [1.54, 1.807) is 0 Å². The van der Waals surface area contributed by atoms with Crippen LogP contribution in [0.2, 0.25) is 0 Å². The van der Waals surface area contributed by atoms with Gasteiger partial charge in [0, 0.05) is 30.9 Å². The summed E-state index contributed by atoms with van der Waals surface area (Å²) in [6, 6.07) is 4.63. The maximum absolute atomic E-state index is 4.64. The molecule has 0 spiro atoms. The number of hydrogen-bond donors (Lipinski definition) is 1. The van der Waals surface area contributed by atoms with Gasteiger partial charge in [0.15, 0.2) is 0 Å². The van der Waals surface area contributed by atoms with E-state index in [9.17, 15) is 0 Å². The Labute approximate surface area is 117 Å². The summed E-state index contributed by atoms with van der Waals surface area (Å²) in [5.41, 5.74) is 1.33. The van der Waals surface area contributed by atoms with Crippen LogP contribution >= 0.6 is 0 Å². The van der Waals surface area contributed by atoms with Crippen molar-refractivity contribution in [1.82, 2.24) is 10.3 Å². The first-order chi connectivity index (χ1) is 9.26. The van der Waals surface area contributed by atoms with Gasteiger partial charge in [0.1, 0.15) is 5.82 Å². The number of nitrogens with one attached hydrogen (secondary N) is 1. The molecule has 2 heterocycles. The minimum absolute atomic E-state index is 0.373. The molecular formula is C16H27N3. The van der Waals surface area contributed by atoms with Crippen molar-refractivity contribution in [3.8, 4) is 0 Å². The summed E-state index contributed by atoms with van der Waals surface area (Å²) in [6.07, 6.45) is 5.85. The van der Waals surface area contributed by atoms with Crippen molar-refractivity contribution in [2.75, 3.05) is 24.5 Å². The number of anilines is 1. The van der Waals surface area contributed by atoms with E-state index in [0.717, 1.165) is 25.6 Å². The van der Waals surface area contributed by atoms with Gasteiger partial charge in [0.2, 0.25) is 0 Å². The predicted molar refractivity (Wildman–Crippen MR) is 81.6 cm³/mol. The first-order valence-corrected chi connectivity index (χ1v) is 7.69. The van der Waals surface area contributed by atoms with Crippen LogP contribution in [0.1, 0.15) is 51.6 Å². The molecule has 1 fully saturated rings. The molecule has 1 unspecified atom stereocenters. The molecule has 1 N–H and O–H groups in total. The molecule has 106 valence electrons. The monoisotopic (exact) mass is 261 g/mol. The van der Waals surface area contributed by atoms with Gasteiger partial charge in [-0.05, 0) is 38.3 Å². The van der Waals surface area contributed by atoms with Crippen LogP contribution in [0.3, 0.4) is 0 Å². The van der Waals surface area contributed by atoms with Gasteiger partial charge >= 0.3 is 0 Å². The molecule has 1 saturated heterocycles. The van der Waals surface area contributed by atoms with Crippen molar-refractivity contribution in [2.24, 2.45) is 5.92 Å². The summed E-state index contributed by atoms with van der Waals surface area (Å²) < 4.78 is 0. The Hall–Kier alpha value is -1.09. The first-order valence-electron chi connectivity index (χ1n) is 7.69. The molecule has 0 radical (unpaired) electrons. The molecule has 0 aliphatic carbocycles. The lowest BCUT2D eigenvalue weighted by Crippen LogP contribution is -2.35. The molecule has 19 heavy (non-hydrogen) atoms. The Morgan fingerprint density at radius 3 is 2.74 bits per heavy atom. The van der Waals surface area contributed by atoms with Crippen LogP contribution in [0, 0.1) is 5.92 Å². The maximum atomic E-state index is 4.64. The third-order valence-electron chi connectivity index (χ3n) is 4.29. The SMILES string of the molecule is CCNC(C)c1cccnc1N1CCC(CC)CC1. The highest BCUT2D eigenvalue weighted by molar-refractivity contribution is 5.48. The van der Waals surface area contributed by atoms with Gasteiger partial charge in [-0.2, -0.15) is 0 Å². The van der Waals surface area contributed by atoms with E-state index in [1.807, 2.05) is 12.3 Å². The van der Waals surface area contributed by atoms with Crippen molar-refractivity contribution in [2.45, 2.75) is 46.1 Å². The smallest absolute Gasteiger partial charge is 0.133 e. The summed E-state index contributed by atoms with van der Waals surface area (Å²) in [5, 5.41) is 3.49. The molecule has 1 aliphatic rings. The Bertz CT molecular complexity index is 383. The van der Waals surface area contributed by atoms with Crippen LogP contribution in [0.5, 0.6) is 0 Å². The molecule has 0 amide bonds. The fourth-order valence-electron chi connectivity index (χ4n) is 2.98. The fraction of sp³-hybridized carbons (Fsp3) is 0.688. The van der Waals surface area contributed by atoms with Crippen LogP contribution in [0.4, 0.5) is 5.82 Å². The van der Waals surface area contributed by atoms with Crippen LogP contribution in [-0.2, 0) is 0 Å². The predicted octanol–water partition coefficient (Wildman–Crippen LogP) is 3.38. The molecule has 1 atom stereocenters. The molecule has 0 aromatic carbocycles. The summed E-state index contributed by atoms with van der Waals surface area (Å²) in [4.78, 5) is 7.11. The van der Waals surface area contributed by atoms with E-state index in [2.05, 4.69) is 42.0 Å². The quantitative estimate of drug-likeness (QED) is 0.880. The summed E-state index contributed by atoms with van der Waals surface area (Å²) in [6.45, 7) is 9.98. The Balaban J connectivity index is 2.11. The number of nitrogens with zero attached hydrogens (tertiary/aromatic N) is 2. The second kappa shape index (κ2) is 6.90. The van der Waals surface area contributed by atoms with E-state index in [0.29, 0.717) is 6.04 Å². The van der Waals surface area contributed by atoms with Crippen LogP contribution in [-0.4, -0.2) is 24.6 Å². The maximum Gasteiger partial charge on any atom is 0.133 e. The minimum Gasteiger partial charge on any atom is -0.356 e. The summed E-state index contributed by atoms with van der Waals surface area (Å²) >= 11 is 0. The topological polar surface area (TPSA) is 28.2 Å². The van der Waals surface area contributed by atoms with E-state index in [-0.39, 0.29) is 0 Å². The number of pyridine rings is 1. The lowest BCUT2D eigenvalue weighted by Gasteiger charge is -2.34. The number of aromatic nitrogens is 1. The minimum atomic E-state index is 0.373. The van der Waals surface area contributed by atoms with Gasteiger partial charge in [-0.25, -0.2) is 4.98 Å². The molecule has 2 rings (SSSR count). The van der Waals surface area contributed by atoms with Crippen molar-refractivity contribution in [3.05, 3.63) is 23.9 Å². The third kappa shape index (κ3) is 3.47. The molecular weight excluding hydrogens is 234 g/mol. The molecule has 0 saturated carbocycles. The third-order valence-corrected chi connectivity index (χ3v) is 4.29. The Morgan fingerprint density at radius 2 is 2.11 bits per heavy atom. The average molecular weight is 261 g/mol. The summed E-state index contributed by atoms with van der Waals surface area (Å²) in [5.74, 6) is 2.10. The highest BCUT2D eigenvalue weighted by atomic mass is 15.2. The lowest BCUT2D eigenvalue weighted by molar-refractivity contribution is 0.392. The summed E-state index contributed by atoms with van der Waals surface area (Å²) in [7, 11) is 0. The van der Waals surface area contributed by atoms with Crippen LogP contribution in [0.15, 0.2) is 18.3 Å². The molecule has 1 aromatic rings. The molecule has 1 aromatic heterocycles. The first kappa shape index (κ1) is 14.3. The van der Waals surface area contributed by atoms with Gasteiger partial charge in [0.25, 0.3) is 0 Å². The van der Waals surface area contributed by atoms with Crippen LogP contribution in [0.25, 0.3) is 0 Å². The number of hydrogen-bond acceptors (Lipinski definition) is 3. The zero-order valence-electron chi connectivity index (χ0n) is 12.5. The van der Waals surface area contributed by atoms with Crippen molar-refractivity contribution < 1.29 is 0 Å². The largest absolute Gasteiger partial charge is 0.356 e. The van der Waals surface area contributed by atoms with E-state index < -0.39 is 0 Å².